The number of anilines is 2. The minimum atomic E-state index is -1.96. The van der Waals surface area contributed by atoms with Crippen LogP contribution in [0.4, 0.5) is 11.4 Å². The lowest BCUT2D eigenvalue weighted by atomic mass is 9.66. The number of fused-ring (bicyclic) bond motifs is 4. The maximum atomic E-state index is 15.4. The molecular weight excluding hydrogens is 608 g/mol. The number of carbonyl (C=O) groups excluding carboxylic acids is 2. The van der Waals surface area contributed by atoms with Crippen LogP contribution in [0.3, 0.4) is 0 Å². The number of hydrogen-bond acceptors (Lipinski definition) is 4. The Morgan fingerprint density at radius 3 is 1.74 bits per heavy atom. The molecule has 5 aromatic rings. The Balaban J connectivity index is 1.39. The third kappa shape index (κ3) is 3.99. The summed E-state index contributed by atoms with van der Waals surface area (Å²) in [5, 5.41) is 14.1. The molecule has 4 atom stereocenters. The number of aliphatic hydroxyl groups is 1. The highest BCUT2D eigenvalue weighted by molar-refractivity contribution is 6.30. The molecule has 1 saturated carbocycles. The Morgan fingerprint density at radius 2 is 1.17 bits per heavy atom. The van der Waals surface area contributed by atoms with Crippen LogP contribution in [0.1, 0.15) is 34.2 Å². The van der Waals surface area contributed by atoms with Gasteiger partial charge in [0.1, 0.15) is 22.5 Å². The Hall–Kier alpha value is -4.75. The molecular formula is C40H33ClN2O4. The summed E-state index contributed by atoms with van der Waals surface area (Å²) in [7, 11) is 1.52. The molecule has 47 heavy (non-hydrogen) atoms. The van der Waals surface area contributed by atoms with Crippen LogP contribution in [-0.4, -0.2) is 30.1 Å². The first-order valence-electron chi connectivity index (χ1n) is 15.8. The molecule has 1 fully saturated rings. The summed E-state index contributed by atoms with van der Waals surface area (Å²) >= 11 is 6.37. The SMILES string of the molecule is COC1C2(CC3(C(=O)N(Cc4ccccc4)c4ccccc43)C1(O)c1ccc(Cl)cc1)C(=O)N(Cc1ccccc1)c1ccccc12. The molecule has 2 aliphatic heterocycles. The third-order valence-electron chi connectivity index (χ3n) is 10.5. The van der Waals surface area contributed by atoms with Crippen molar-refractivity contribution < 1.29 is 19.4 Å². The van der Waals surface area contributed by atoms with E-state index in [9.17, 15) is 5.11 Å². The Labute approximate surface area is 278 Å². The largest absolute Gasteiger partial charge is 0.381 e. The lowest BCUT2D eigenvalue weighted by Gasteiger charge is -2.42. The van der Waals surface area contributed by atoms with E-state index in [4.69, 9.17) is 16.3 Å². The highest BCUT2D eigenvalue weighted by atomic mass is 35.5. The molecule has 1 N–H and O–H groups in total. The minimum Gasteiger partial charge on any atom is -0.381 e. The van der Waals surface area contributed by atoms with Crippen molar-refractivity contribution in [2.24, 2.45) is 0 Å². The average Bonchev–Trinajstić information content (AvgIpc) is 3.60. The van der Waals surface area contributed by atoms with Crippen LogP contribution >= 0.6 is 11.6 Å². The molecule has 0 bridgehead atoms. The molecule has 8 rings (SSSR count). The van der Waals surface area contributed by atoms with E-state index in [2.05, 4.69) is 0 Å². The lowest BCUT2D eigenvalue weighted by molar-refractivity contribution is -0.153. The second-order valence-corrected chi connectivity index (χ2v) is 13.2. The average molecular weight is 641 g/mol. The van der Waals surface area contributed by atoms with E-state index in [1.165, 1.54) is 7.11 Å². The van der Waals surface area contributed by atoms with Gasteiger partial charge >= 0.3 is 0 Å². The molecule has 7 heteroatoms. The van der Waals surface area contributed by atoms with Gasteiger partial charge in [0.15, 0.2) is 0 Å². The fraction of sp³-hybridized carbons (Fsp3) is 0.200. The van der Waals surface area contributed by atoms with E-state index in [1.54, 1.807) is 34.1 Å². The zero-order valence-corrected chi connectivity index (χ0v) is 26.6. The van der Waals surface area contributed by atoms with Gasteiger partial charge in [-0.15, -0.1) is 0 Å². The zero-order chi connectivity index (χ0) is 32.4. The number of ether oxygens (including phenoxy) is 1. The van der Waals surface area contributed by atoms with Gasteiger partial charge in [0.25, 0.3) is 0 Å². The number of methoxy groups -OCH3 is 1. The lowest BCUT2D eigenvalue weighted by Crippen LogP contribution is -2.58. The van der Waals surface area contributed by atoms with Gasteiger partial charge in [-0.3, -0.25) is 9.59 Å². The fourth-order valence-electron chi connectivity index (χ4n) is 8.59. The maximum absolute atomic E-state index is 15.4. The van der Waals surface area contributed by atoms with E-state index in [0.29, 0.717) is 34.9 Å². The van der Waals surface area contributed by atoms with Gasteiger partial charge < -0.3 is 19.6 Å². The van der Waals surface area contributed by atoms with E-state index in [1.807, 2.05) is 109 Å². The number of nitrogens with zero attached hydrogens (tertiary/aromatic N) is 2. The number of amides is 2. The molecule has 0 radical (unpaired) electrons. The number of para-hydroxylation sites is 2. The van der Waals surface area contributed by atoms with Gasteiger partial charge in [0.05, 0.1) is 13.1 Å². The van der Waals surface area contributed by atoms with Gasteiger partial charge in [-0.2, -0.15) is 0 Å². The monoisotopic (exact) mass is 640 g/mol. The van der Waals surface area contributed by atoms with Crippen LogP contribution in [0.15, 0.2) is 133 Å². The molecule has 0 aromatic heterocycles. The summed E-state index contributed by atoms with van der Waals surface area (Å²) in [6.07, 6.45) is -1.11. The summed E-state index contributed by atoms with van der Waals surface area (Å²) in [6.45, 7) is 0.649. The molecule has 234 valence electrons. The summed E-state index contributed by atoms with van der Waals surface area (Å²) in [6, 6.07) is 41.9. The molecule has 4 unspecified atom stereocenters. The molecule has 2 amide bonds. The predicted octanol–water partition coefficient (Wildman–Crippen LogP) is 6.92. The number of carbonyl (C=O) groups is 2. The van der Waals surface area contributed by atoms with E-state index >= 15 is 9.59 Å². The Bertz CT molecular complexity index is 2000. The van der Waals surface area contributed by atoms with Gasteiger partial charge in [0, 0.05) is 23.5 Å². The van der Waals surface area contributed by atoms with E-state index < -0.39 is 22.5 Å². The van der Waals surface area contributed by atoms with Crippen LogP contribution in [0, 0.1) is 0 Å². The number of benzene rings is 5. The summed E-state index contributed by atoms with van der Waals surface area (Å²) in [5.41, 5.74) is 0.331. The first-order valence-corrected chi connectivity index (χ1v) is 16.2. The molecule has 0 saturated heterocycles. The second-order valence-electron chi connectivity index (χ2n) is 12.7. The first-order chi connectivity index (χ1) is 22.9. The number of rotatable bonds is 6. The van der Waals surface area contributed by atoms with Crippen LogP contribution in [-0.2, 0) is 43.8 Å². The highest BCUT2D eigenvalue weighted by Gasteiger charge is 2.80. The van der Waals surface area contributed by atoms with Crippen LogP contribution in [0.25, 0.3) is 0 Å². The van der Waals surface area contributed by atoms with Crippen molar-refractivity contribution in [1.29, 1.82) is 0 Å². The minimum absolute atomic E-state index is 0.0138. The quantitative estimate of drug-likeness (QED) is 0.219. The molecule has 3 aliphatic rings. The summed E-state index contributed by atoms with van der Waals surface area (Å²) in [4.78, 5) is 34.2. The van der Waals surface area contributed by atoms with Crippen molar-refractivity contribution in [3.8, 4) is 0 Å². The number of halogens is 1. The first kappa shape index (κ1) is 29.6. The van der Waals surface area contributed by atoms with Crippen molar-refractivity contribution in [1.82, 2.24) is 0 Å². The standard InChI is InChI=1S/C40H33ClN2O4/c1-47-35-38(31-16-8-10-18-33(31)42(36(38)44)24-27-12-4-2-5-13-27)26-39(40(35,46)29-20-22-30(41)23-21-29)32-17-9-11-19-34(32)43(37(39)45)25-28-14-6-3-7-15-28/h2-23,35,46H,24-26H2,1H3. The highest BCUT2D eigenvalue weighted by Crippen LogP contribution is 2.69. The van der Waals surface area contributed by atoms with Crippen molar-refractivity contribution >= 4 is 34.8 Å². The second kappa shape index (κ2) is 10.9. The normalized spacial score (nSPS) is 26.0. The molecule has 2 spiro atoms. The Kier molecular flexibility index (Phi) is 6.88. The fourth-order valence-corrected chi connectivity index (χ4v) is 8.71. The van der Waals surface area contributed by atoms with Crippen molar-refractivity contribution in [3.63, 3.8) is 0 Å². The van der Waals surface area contributed by atoms with Gasteiger partial charge in [0.2, 0.25) is 11.8 Å². The van der Waals surface area contributed by atoms with Crippen LogP contribution < -0.4 is 9.80 Å². The topological polar surface area (TPSA) is 70.1 Å². The summed E-state index contributed by atoms with van der Waals surface area (Å²) < 4.78 is 6.38. The smallest absolute Gasteiger partial charge is 0.241 e. The van der Waals surface area contributed by atoms with Crippen molar-refractivity contribution in [3.05, 3.63) is 166 Å². The third-order valence-corrected chi connectivity index (χ3v) is 10.7. The maximum Gasteiger partial charge on any atom is 0.241 e. The van der Waals surface area contributed by atoms with Gasteiger partial charge in [-0.1, -0.05) is 121 Å². The Morgan fingerprint density at radius 1 is 0.681 bits per heavy atom. The van der Waals surface area contributed by atoms with E-state index in [-0.39, 0.29) is 18.2 Å². The number of hydrogen-bond donors (Lipinski definition) is 1. The van der Waals surface area contributed by atoms with Crippen LogP contribution in [0.5, 0.6) is 0 Å². The summed E-state index contributed by atoms with van der Waals surface area (Å²) in [5.74, 6) is -0.476. The predicted molar refractivity (Wildman–Crippen MR) is 182 cm³/mol. The van der Waals surface area contributed by atoms with E-state index in [0.717, 1.165) is 22.4 Å². The van der Waals surface area contributed by atoms with Gasteiger partial charge in [-0.05, 0) is 58.5 Å². The molecule has 1 aliphatic carbocycles. The molecule has 2 heterocycles. The molecule has 5 aromatic carbocycles. The zero-order valence-electron chi connectivity index (χ0n) is 25.8. The van der Waals surface area contributed by atoms with Crippen molar-refractivity contribution in [2.45, 2.75) is 42.0 Å². The van der Waals surface area contributed by atoms with Gasteiger partial charge in [-0.25, -0.2) is 0 Å². The molecule has 6 nitrogen and oxygen atoms in total. The van der Waals surface area contributed by atoms with Crippen molar-refractivity contribution in [2.75, 3.05) is 16.9 Å². The van der Waals surface area contributed by atoms with Crippen LogP contribution in [0.2, 0.25) is 5.02 Å².